The SMILES string of the molecule is CNC1CC(OCCC2CCC2)C1. The van der Waals surface area contributed by atoms with Gasteiger partial charge in [0.05, 0.1) is 6.10 Å². The van der Waals surface area contributed by atoms with Crippen LogP contribution in [0.1, 0.15) is 38.5 Å². The van der Waals surface area contributed by atoms with Gasteiger partial charge in [-0.25, -0.2) is 0 Å². The highest BCUT2D eigenvalue weighted by atomic mass is 16.5. The Balaban J connectivity index is 1.45. The highest BCUT2D eigenvalue weighted by molar-refractivity contribution is 4.84. The second-order valence-electron chi connectivity index (χ2n) is 4.54. The van der Waals surface area contributed by atoms with Gasteiger partial charge in [0, 0.05) is 12.6 Å². The fourth-order valence-corrected chi connectivity index (χ4v) is 2.12. The zero-order valence-electron chi connectivity index (χ0n) is 8.59. The largest absolute Gasteiger partial charge is 0.378 e. The van der Waals surface area contributed by atoms with Gasteiger partial charge in [0.1, 0.15) is 0 Å². The lowest BCUT2D eigenvalue weighted by molar-refractivity contribution is -0.0231. The van der Waals surface area contributed by atoms with E-state index in [9.17, 15) is 0 Å². The van der Waals surface area contributed by atoms with Gasteiger partial charge in [-0.05, 0) is 32.2 Å². The maximum Gasteiger partial charge on any atom is 0.0604 e. The normalized spacial score (nSPS) is 33.9. The molecule has 2 aliphatic rings. The van der Waals surface area contributed by atoms with Crippen LogP contribution in [0.5, 0.6) is 0 Å². The van der Waals surface area contributed by atoms with Crippen LogP contribution in [0.15, 0.2) is 0 Å². The average molecular weight is 183 g/mol. The summed E-state index contributed by atoms with van der Waals surface area (Å²) in [6, 6.07) is 0.730. The Morgan fingerprint density at radius 3 is 2.62 bits per heavy atom. The Labute approximate surface area is 81.0 Å². The fourth-order valence-electron chi connectivity index (χ4n) is 2.12. The van der Waals surface area contributed by atoms with Crippen molar-refractivity contribution in [2.75, 3.05) is 13.7 Å². The number of hydrogen-bond donors (Lipinski definition) is 1. The fraction of sp³-hybridized carbons (Fsp3) is 1.00. The maximum absolute atomic E-state index is 5.78. The predicted molar refractivity (Wildman–Crippen MR) is 53.8 cm³/mol. The van der Waals surface area contributed by atoms with Crippen molar-refractivity contribution in [1.29, 1.82) is 0 Å². The van der Waals surface area contributed by atoms with E-state index in [0.29, 0.717) is 6.10 Å². The molecule has 0 saturated heterocycles. The standard InChI is InChI=1S/C11H21NO/c1-12-10-7-11(8-10)13-6-5-9-3-2-4-9/h9-12H,2-8H2,1H3. The number of ether oxygens (including phenoxy) is 1. The van der Waals surface area contributed by atoms with Gasteiger partial charge >= 0.3 is 0 Å². The number of rotatable bonds is 5. The lowest BCUT2D eigenvalue weighted by atomic mass is 9.83. The minimum absolute atomic E-state index is 0.567. The molecular formula is C11H21NO. The summed E-state index contributed by atoms with van der Waals surface area (Å²) in [5.41, 5.74) is 0. The number of nitrogens with one attached hydrogen (secondary N) is 1. The molecule has 0 aromatic rings. The molecule has 13 heavy (non-hydrogen) atoms. The summed E-state index contributed by atoms with van der Waals surface area (Å²) in [5.74, 6) is 1.00. The van der Waals surface area contributed by atoms with Crippen LogP contribution in [-0.2, 0) is 4.74 Å². The Morgan fingerprint density at radius 1 is 1.31 bits per heavy atom. The summed E-state index contributed by atoms with van der Waals surface area (Å²) in [4.78, 5) is 0. The van der Waals surface area contributed by atoms with E-state index in [1.807, 2.05) is 7.05 Å². The van der Waals surface area contributed by atoms with Gasteiger partial charge in [-0.3, -0.25) is 0 Å². The van der Waals surface area contributed by atoms with Crippen LogP contribution in [0.2, 0.25) is 0 Å². The van der Waals surface area contributed by atoms with Crippen molar-refractivity contribution < 1.29 is 4.74 Å². The Morgan fingerprint density at radius 2 is 2.08 bits per heavy atom. The van der Waals surface area contributed by atoms with Crippen LogP contribution in [0.4, 0.5) is 0 Å². The molecule has 0 spiro atoms. The average Bonchev–Trinajstić information content (AvgIpc) is 1.97. The van der Waals surface area contributed by atoms with Gasteiger partial charge < -0.3 is 10.1 Å². The molecule has 0 radical (unpaired) electrons. The molecule has 0 heterocycles. The lowest BCUT2D eigenvalue weighted by Crippen LogP contribution is -2.43. The second kappa shape index (κ2) is 4.43. The molecule has 76 valence electrons. The third kappa shape index (κ3) is 2.44. The van der Waals surface area contributed by atoms with Gasteiger partial charge in [0.15, 0.2) is 0 Å². The van der Waals surface area contributed by atoms with Crippen LogP contribution in [0, 0.1) is 5.92 Å². The van der Waals surface area contributed by atoms with Crippen LogP contribution >= 0.6 is 0 Å². The molecule has 0 bridgehead atoms. The van der Waals surface area contributed by atoms with Crippen molar-refractivity contribution in [3.8, 4) is 0 Å². The molecule has 2 saturated carbocycles. The molecule has 0 aromatic heterocycles. The summed E-state index contributed by atoms with van der Waals surface area (Å²) < 4.78 is 5.78. The molecule has 1 N–H and O–H groups in total. The molecule has 0 atom stereocenters. The minimum atomic E-state index is 0.567. The summed E-state index contributed by atoms with van der Waals surface area (Å²) >= 11 is 0. The Bertz CT molecular complexity index is 150. The first-order valence-corrected chi connectivity index (χ1v) is 5.67. The van der Waals surface area contributed by atoms with Gasteiger partial charge in [0.2, 0.25) is 0 Å². The topological polar surface area (TPSA) is 21.3 Å². The van der Waals surface area contributed by atoms with Crippen LogP contribution in [0.3, 0.4) is 0 Å². The van der Waals surface area contributed by atoms with E-state index in [0.717, 1.165) is 18.6 Å². The smallest absolute Gasteiger partial charge is 0.0604 e. The first-order valence-electron chi connectivity index (χ1n) is 5.67. The van der Waals surface area contributed by atoms with Crippen molar-refractivity contribution in [2.24, 2.45) is 5.92 Å². The molecule has 2 nitrogen and oxygen atoms in total. The zero-order valence-corrected chi connectivity index (χ0v) is 8.59. The van der Waals surface area contributed by atoms with E-state index in [2.05, 4.69) is 5.32 Å². The van der Waals surface area contributed by atoms with Gasteiger partial charge in [-0.1, -0.05) is 19.3 Å². The van der Waals surface area contributed by atoms with E-state index in [1.165, 1.54) is 38.5 Å². The van der Waals surface area contributed by atoms with Crippen molar-refractivity contribution in [3.63, 3.8) is 0 Å². The van der Waals surface area contributed by atoms with Gasteiger partial charge in [-0.2, -0.15) is 0 Å². The molecular weight excluding hydrogens is 162 g/mol. The molecule has 0 aromatic carbocycles. The van der Waals surface area contributed by atoms with Gasteiger partial charge in [0.25, 0.3) is 0 Å². The van der Waals surface area contributed by atoms with Crippen molar-refractivity contribution in [2.45, 2.75) is 50.7 Å². The quantitative estimate of drug-likeness (QED) is 0.703. The maximum atomic E-state index is 5.78. The Hall–Kier alpha value is -0.0800. The molecule has 0 unspecified atom stereocenters. The van der Waals surface area contributed by atoms with E-state index in [1.54, 1.807) is 0 Å². The molecule has 2 heteroatoms. The molecule has 2 fully saturated rings. The minimum Gasteiger partial charge on any atom is -0.378 e. The number of hydrogen-bond acceptors (Lipinski definition) is 2. The first kappa shape index (κ1) is 9.47. The monoisotopic (exact) mass is 183 g/mol. The summed E-state index contributed by atoms with van der Waals surface area (Å²) in [6.45, 7) is 1.01. The summed E-state index contributed by atoms with van der Waals surface area (Å²) in [5, 5.41) is 3.27. The molecule has 2 aliphatic carbocycles. The lowest BCUT2D eigenvalue weighted by Gasteiger charge is -2.35. The third-order valence-electron chi connectivity index (χ3n) is 3.61. The third-order valence-corrected chi connectivity index (χ3v) is 3.61. The summed E-state index contributed by atoms with van der Waals surface area (Å²) in [6.07, 6.45) is 8.68. The Kier molecular flexibility index (Phi) is 3.23. The first-order chi connectivity index (χ1) is 6.38. The van der Waals surface area contributed by atoms with E-state index >= 15 is 0 Å². The molecule has 0 amide bonds. The van der Waals surface area contributed by atoms with E-state index in [4.69, 9.17) is 4.74 Å². The van der Waals surface area contributed by atoms with Crippen LogP contribution in [-0.4, -0.2) is 25.8 Å². The van der Waals surface area contributed by atoms with Crippen molar-refractivity contribution in [1.82, 2.24) is 5.32 Å². The van der Waals surface area contributed by atoms with Crippen LogP contribution in [0.25, 0.3) is 0 Å². The predicted octanol–water partition coefficient (Wildman–Crippen LogP) is 1.94. The van der Waals surface area contributed by atoms with Crippen molar-refractivity contribution >= 4 is 0 Å². The second-order valence-corrected chi connectivity index (χ2v) is 4.54. The summed E-state index contributed by atoms with van der Waals surface area (Å²) in [7, 11) is 2.04. The van der Waals surface area contributed by atoms with E-state index in [-0.39, 0.29) is 0 Å². The molecule has 0 aliphatic heterocycles. The van der Waals surface area contributed by atoms with Crippen LogP contribution < -0.4 is 5.32 Å². The highest BCUT2D eigenvalue weighted by Gasteiger charge is 2.28. The van der Waals surface area contributed by atoms with Gasteiger partial charge in [-0.15, -0.1) is 0 Å². The molecule has 2 rings (SSSR count). The van der Waals surface area contributed by atoms with Crippen molar-refractivity contribution in [3.05, 3.63) is 0 Å². The van der Waals surface area contributed by atoms with E-state index < -0.39 is 0 Å². The zero-order chi connectivity index (χ0) is 9.10. The highest BCUT2D eigenvalue weighted by Crippen LogP contribution is 2.30.